The van der Waals surface area contributed by atoms with Gasteiger partial charge in [-0.1, -0.05) is 44.2 Å². The fourth-order valence-corrected chi connectivity index (χ4v) is 4.96. The van der Waals surface area contributed by atoms with Crippen LogP contribution in [0.2, 0.25) is 0 Å². The van der Waals surface area contributed by atoms with Crippen molar-refractivity contribution in [1.82, 2.24) is 13.9 Å². The van der Waals surface area contributed by atoms with Crippen molar-refractivity contribution in [1.29, 1.82) is 0 Å². The van der Waals surface area contributed by atoms with E-state index in [9.17, 15) is 8.42 Å². The molecule has 1 aliphatic rings. The zero-order chi connectivity index (χ0) is 15.7. The Morgan fingerprint density at radius 3 is 2.68 bits per heavy atom. The quantitative estimate of drug-likeness (QED) is 0.871. The SMILES string of the molecule is CC(C)CC1n2cncc2CN(Cc2ccccc2)S1(=O)=O. The Morgan fingerprint density at radius 1 is 1.27 bits per heavy atom. The van der Waals surface area contributed by atoms with E-state index in [4.69, 9.17) is 0 Å². The molecule has 0 saturated heterocycles. The Hall–Kier alpha value is -1.66. The molecular weight excluding hydrogens is 298 g/mol. The zero-order valence-corrected chi connectivity index (χ0v) is 13.7. The van der Waals surface area contributed by atoms with E-state index in [1.807, 2.05) is 48.7 Å². The molecule has 0 spiro atoms. The van der Waals surface area contributed by atoms with Crippen molar-refractivity contribution < 1.29 is 8.42 Å². The summed E-state index contributed by atoms with van der Waals surface area (Å²) in [5.74, 6) is 0.298. The average molecular weight is 319 g/mol. The first-order chi connectivity index (χ1) is 10.5. The fraction of sp³-hybridized carbons (Fsp3) is 0.438. The van der Waals surface area contributed by atoms with Crippen molar-refractivity contribution in [2.45, 2.75) is 38.7 Å². The Labute approximate surface area is 131 Å². The summed E-state index contributed by atoms with van der Waals surface area (Å²) in [7, 11) is -3.38. The summed E-state index contributed by atoms with van der Waals surface area (Å²) in [5, 5.41) is -0.553. The smallest absolute Gasteiger partial charge is 0.236 e. The second-order valence-corrected chi connectivity index (χ2v) is 8.27. The number of fused-ring (bicyclic) bond motifs is 1. The predicted molar refractivity (Wildman–Crippen MR) is 85.3 cm³/mol. The molecule has 3 rings (SSSR count). The van der Waals surface area contributed by atoms with Crippen LogP contribution in [0.4, 0.5) is 0 Å². The normalized spacial score (nSPS) is 21.0. The summed E-state index contributed by atoms with van der Waals surface area (Å²) in [4.78, 5) is 4.14. The van der Waals surface area contributed by atoms with Crippen molar-refractivity contribution in [2.75, 3.05) is 0 Å². The monoisotopic (exact) mass is 319 g/mol. The van der Waals surface area contributed by atoms with Crippen LogP contribution in [0.5, 0.6) is 0 Å². The van der Waals surface area contributed by atoms with Gasteiger partial charge in [-0.25, -0.2) is 13.4 Å². The summed E-state index contributed by atoms with van der Waals surface area (Å²) in [6.07, 6.45) is 4.00. The van der Waals surface area contributed by atoms with Gasteiger partial charge < -0.3 is 4.57 Å². The first kappa shape index (κ1) is 15.2. The molecule has 1 aromatic heterocycles. The summed E-state index contributed by atoms with van der Waals surface area (Å²) >= 11 is 0. The largest absolute Gasteiger partial charge is 0.314 e. The highest BCUT2D eigenvalue weighted by atomic mass is 32.2. The number of nitrogens with zero attached hydrogens (tertiary/aromatic N) is 3. The van der Waals surface area contributed by atoms with Gasteiger partial charge in [-0.05, 0) is 17.9 Å². The predicted octanol–water partition coefficient (Wildman–Crippen LogP) is 2.77. The molecule has 1 aliphatic heterocycles. The van der Waals surface area contributed by atoms with Gasteiger partial charge >= 0.3 is 0 Å². The third-order valence-electron chi connectivity index (χ3n) is 3.97. The number of sulfonamides is 1. The minimum Gasteiger partial charge on any atom is -0.314 e. The first-order valence-electron chi connectivity index (χ1n) is 7.52. The molecule has 0 saturated carbocycles. The van der Waals surface area contributed by atoms with Gasteiger partial charge in [0.25, 0.3) is 0 Å². The highest BCUT2D eigenvalue weighted by Gasteiger charge is 2.39. The van der Waals surface area contributed by atoms with Crippen LogP contribution in [0, 0.1) is 5.92 Å². The number of imidazole rings is 1. The van der Waals surface area contributed by atoms with E-state index >= 15 is 0 Å². The van der Waals surface area contributed by atoms with Crippen LogP contribution in [-0.4, -0.2) is 22.3 Å². The van der Waals surface area contributed by atoms with Gasteiger partial charge in [0.2, 0.25) is 10.0 Å². The van der Waals surface area contributed by atoms with Gasteiger partial charge in [-0.3, -0.25) is 0 Å². The van der Waals surface area contributed by atoms with Gasteiger partial charge in [0.05, 0.1) is 18.6 Å². The Kier molecular flexibility index (Phi) is 4.06. The van der Waals surface area contributed by atoms with Crippen molar-refractivity contribution in [2.24, 2.45) is 5.92 Å². The van der Waals surface area contributed by atoms with E-state index in [-0.39, 0.29) is 0 Å². The molecule has 22 heavy (non-hydrogen) atoms. The van der Waals surface area contributed by atoms with Gasteiger partial charge in [0.1, 0.15) is 0 Å². The molecule has 5 nitrogen and oxygen atoms in total. The Bertz CT molecular complexity index is 738. The third-order valence-corrected chi connectivity index (χ3v) is 6.06. The van der Waals surface area contributed by atoms with Crippen LogP contribution >= 0.6 is 0 Å². The van der Waals surface area contributed by atoms with Crippen LogP contribution in [-0.2, 0) is 23.1 Å². The molecule has 118 valence electrons. The van der Waals surface area contributed by atoms with Crippen LogP contribution in [0.3, 0.4) is 0 Å². The van der Waals surface area contributed by atoms with E-state index in [1.165, 1.54) is 0 Å². The Balaban J connectivity index is 1.96. The Morgan fingerprint density at radius 2 is 2.00 bits per heavy atom. The van der Waals surface area contributed by atoms with Gasteiger partial charge in [0, 0.05) is 12.7 Å². The summed E-state index contributed by atoms with van der Waals surface area (Å²) in [5.41, 5.74) is 1.96. The summed E-state index contributed by atoms with van der Waals surface area (Å²) in [6, 6.07) is 9.71. The molecule has 6 heteroatoms. The maximum Gasteiger partial charge on any atom is 0.236 e. The summed E-state index contributed by atoms with van der Waals surface area (Å²) < 4.78 is 29.4. The number of hydrogen-bond donors (Lipinski definition) is 0. The maximum absolute atomic E-state index is 13.0. The van der Waals surface area contributed by atoms with Crippen molar-refractivity contribution in [3.8, 4) is 0 Å². The highest BCUT2D eigenvalue weighted by Crippen LogP contribution is 2.34. The second kappa shape index (κ2) is 5.85. The lowest BCUT2D eigenvalue weighted by Gasteiger charge is -2.34. The minimum absolute atomic E-state index is 0.298. The first-order valence-corrected chi connectivity index (χ1v) is 9.02. The standard InChI is InChI=1S/C16H21N3O2S/c1-13(2)8-16-19-12-17-9-15(19)11-18(22(16,20)21)10-14-6-4-3-5-7-14/h3-7,9,12-13,16H,8,10-11H2,1-2H3. The molecule has 2 aromatic rings. The van der Waals surface area contributed by atoms with Crippen molar-refractivity contribution in [3.63, 3.8) is 0 Å². The molecule has 0 fully saturated rings. The van der Waals surface area contributed by atoms with Crippen LogP contribution < -0.4 is 0 Å². The molecule has 0 amide bonds. The molecule has 2 heterocycles. The second-order valence-electron chi connectivity index (χ2n) is 6.18. The van der Waals surface area contributed by atoms with Gasteiger partial charge in [-0.2, -0.15) is 4.31 Å². The molecule has 0 N–H and O–H groups in total. The lowest BCUT2D eigenvalue weighted by Crippen LogP contribution is -2.41. The minimum atomic E-state index is -3.38. The maximum atomic E-state index is 13.0. The van der Waals surface area contributed by atoms with E-state index in [2.05, 4.69) is 4.98 Å². The molecular formula is C16H21N3O2S. The van der Waals surface area contributed by atoms with Crippen LogP contribution in [0.25, 0.3) is 0 Å². The number of aromatic nitrogens is 2. The summed E-state index contributed by atoms with van der Waals surface area (Å²) in [6.45, 7) is 4.87. The van der Waals surface area contributed by atoms with E-state index in [0.717, 1.165) is 11.3 Å². The average Bonchev–Trinajstić information content (AvgIpc) is 2.92. The lowest BCUT2D eigenvalue weighted by molar-refractivity contribution is 0.330. The molecule has 0 bridgehead atoms. The zero-order valence-electron chi connectivity index (χ0n) is 12.9. The molecule has 1 unspecified atom stereocenters. The molecule has 1 aromatic carbocycles. The fourth-order valence-electron chi connectivity index (χ4n) is 2.87. The lowest BCUT2D eigenvalue weighted by atomic mass is 10.1. The third kappa shape index (κ3) is 2.80. The van der Waals surface area contributed by atoms with Gasteiger partial charge in [-0.15, -0.1) is 0 Å². The van der Waals surface area contributed by atoms with E-state index < -0.39 is 15.4 Å². The number of benzene rings is 1. The van der Waals surface area contributed by atoms with Crippen LogP contribution in [0.1, 0.15) is 36.9 Å². The van der Waals surface area contributed by atoms with Crippen molar-refractivity contribution in [3.05, 3.63) is 54.1 Å². The molecule has 0 aliphatic carbocycles. The van der Waals surface area contributed by atoms with E-state index in [1.54, 1.807) is 16.8 Å². The molecule has 1 atom stereocenters. The van der Waals surface area contributed by atoms with Gasteiger partial charge in [0.15, 0.2) is 5.37 Å². The topological polar surface area (TPSA) is 55.2 Å². The van der Waals surface area contributed by atoms with Crippen LogP contribution in [0.15, 0.2) is 42.9 Å². The highest BCUT2D eigenvalue weighted by molar-refractivity contribution is 7.89. The molecule has 0 radical (unpaired) electrons. The van der Waals surface area contributed by atoms with Crippen molar-refractivity contribution >= 4 is 10.0 Å². The number of rotatable bonds is 4. The van der Waals surface area contributed by atoms with E-state index in [0.29, 0.717) is 25.4 Å². The number of hydrogen-bond acceptors (Lipinski definition) is 3.